The first-order valence-electron chi connectivity index (χ1n) is 5.90. The highest BCUT2D eigenvalue weighted by molar-refractivity contribution is 5.67. The maximum atomic E-state index is 10.3. The van der Waals surface area contributed by atoms with E-state index in [9.17, 15) is 4.79 Å². The van der Waals surface area contributed by atoms with Gasteiger partial charge in [-0.1, -0.05) is 36.3 Å². The average Bonchev–Trinajstić information content (AvgIpc) is 2.87. The minimum Gasteiger partial charge on any atom is -0.480 e. The second-order valence-corrected chi connectivity index (χ2v) is 3.95. The monoisotopic (exact) mass is 262 g/mol. The van der Waals surface area contributed by atoms with Gasteiger partial charge in [-0.25, -0.2) is 4.79 Å². The Morgan fingerprint density at radius 2 is 2.11 bits per heavy atom. The number of hydrogen-bond acceptors (Lipinski definition) is 5. The maximum absolute atomic E-state index is 10.3. The average molecular weight is 262 g/mol. The Morgan fingerprint density at radius 1 is 1.37 bits per heavy atom. The number of carbonyl (C=O) groups is 1. The lowest BCUT2D eigenvalue weighted by Gasteiger charge is -1.97. The van der Waals surface area contributed by atoms with E-state index in [2.05, 4.69) is 17.1 Å². The molecule has 0 atom stereocenters. The lowest BCUT2D eigenvalue weighted by Crippen LogP contribution is -2.06. The van der Waals surface area contributed by atoms with Crippen molar-refractivity contribution < 1.29 is 19.2 Å². The van der Waals surface area contributed by atoms with Gasteiger partial charge < -0.3 is 14.4 Å². The zero-order valence-corrected chi connectivity index (χ0v) is 10.5. The van der Waals surface area contributed by atoms with Crippen LogP contribution < -0.4 is 0 Å². The van der Waals surface area contributed by atoms with E-state index in [1.165, 1.54) is 5.56 Å². The lowest BCUT2D eigenvalue weighted by atomic mass is 10.1. The molecule has 6 heteroatoms. The van der Waals surface area contributed by atoms with Gasteiger partial charge >= 0.3 is 5.97 Å². The van der Waals surface area contributed by atoms with Crippen molar-refractivity contribution in [2.24, 2.45) is 0 Å². The van der Waals surface area contributed by atoms with Crippen LogP contribution in [0.5, 0.6) is 0 Å². The number of carboxylic acids is 1. The molecule has 0 unspecified atom stereocenters. The predicted octanol–water partition coefficient (Wildman–Crippen LogP) is 1.90. The van der Waals surface area contributed by atoms with E-state index in [0.29, 0.717) is 5.82 Å². The molecule has 0 fully saturated rings. The molecule has 2 aromatic rings. The number of benzene rings is 1. The molecule has 0 amide bonds. The van der Waals surface area contributed by atoms with E-state index in [1.807, 2.05) is 24.3 Å². The summed E-state index contributed by atoms with van der Waals surface area (Å²) in [5.41, 5.74) is 2.09. The third-order valence-electron chi connectivity index (χ3n) is 2.54. The minimum absolute atomic E-state index is 0.00760. The SMILES string of the molecule is CCc1ccc(-c2noc(COCC(=O)O)n2)cc1. The predicted molar refractivity (Wildman–Crippen MR) is 66.4 cm³/mol. The zero-order chi connectivity index (χ0) is 13.7. The number of aliphatic carboxylic acids is 1. The Bertz CT molecular complexity index is 548. The van der Waals surface area contributed by atoms with Gasteiger partial charge in [0.05, 0.1) is 0 Å². The molecule has 0 spiro atoms. The maximum Gasteiger partial charge on any atom is 0.329 e. The summed E-state index contributed by atoms with van der Waals surface area (Å²) < 4.78 is 9.85. The summed E-state index contributed by atoms with van der Waals surface area (Å²) in [4.78, 5) is 14.4. The molecule has 0 aliphatic carbocycles. The summed E-state index contributed by atoms with van der Waals surface area (Å²) in [6.07, 6.45) is 0.973. The van der Waals surface area contributed by atoms with Crippen LogP contribution in [-0.2, 0) is 22.6 Å². The van der Waals surface area contributed by atoms with Crippen molar-refractivity contribution in [1.82, 2.24) is 10.1 Å². The summed E-state index contributed by atoms with van der Waals surface area (Å²) in [5, 5.41) is 12.3. The van der Waals surface area contributed by atoms with E-state index in [0.717, 1.165) is 12.0 Å². The molecular formula is C13H14N2O4. The van der Waals surface area contributed by atoms with Crippen molar-refractivity contribution >= 4 is 5.97 Å². The second-order valence-electron chi connectivity index (χ2n) is 3.95. The largest absolute Gasteiger partial charge is 0.480 e. The number of aromatic nitrogens is 2. The standard InChI is InChI=1S/C13H14N2O4/c1-2-9-3-5-10(6-4-9)13-14-11(19-15-13)7-18-8-12(16)17/h3-6H,2,7-8H2,1H3,(H,16,17). The topological polar surface area (TPSA) is 85.5 Å². The van der Waals surface area contributed by atoms with Gasteiger partial charge in [0.15, 0.2) is 0 Å². The van der Waals surface area contributed by atoms with Crippen molar-refractivity contribution in [2.75, 3.05) is 6.61 Å². The molecule has 1 aromatic heterocycles. The summed E-state index contributed by atoms with van der Waals surface area (Å²) >= 11 is 0. The van der Waals surface area contributed by atoms with E-state index < -0.39 is 5.97 Å². The van der Waals surface area contributed by atoms with Crippen molar-refractivity contribution in [3.63, 3.8) is 0 Å². The Morgan fingerprint density at radius 3 is 2.74 bits per heavy atom. The van der Waals surface area contributed by atoms with Crippen LogP contribution in [0.25, 0.3) is 11.4 Å². The minimum atomic E-state index is -1.03. The van der Waals surface area contributed by atoms with Gasteiger partial charge in [0.1, 0.15) is 13.2 Å². The molecule has 0 saturated heterocycles. The number of aryl methyl sites for hydroxylation is 1. The Balaban J connectivity index is 2.01. The number of hydrogen-bond donors (Lipinski definition) is 1. The quantitative estimate of drug-likeness (QED) is 0.855. The third-order valence-corrected chi connectivity index (χ3v) is 2.54. The summed E-state index contributed by atoms with van der Waals surface area (Å²) in [6, 6.07) is 7.86. The van der Waals surface area contributed by atoms with Crippen LogP contribution >= 0.6 is 0 Å². The molecule has 0 aliphatic rings. The van der Waals surface area contributed by atoms with Crippen LogP contribution in [0.4, 0.5) is 0 Å². The summed E-state index contributed by atoms with van der Waals surface area (Å²) in [7, 11) is 0. The first-order valence-corrected chi connectivity index (χ1v) is 5.90. The van der Waals surface area contributed by atoms with Crippen LogP contribution in [-0.4, -0.2) is 27.8 Å². The van der Waals surface area contributed by atoms with E-state index in [4.69, 9.17) is 14.4 Å². The number of rotatable bonds is 6. The first-order chi connectivity index (χ1) is 9.19. The van der Waals surface area contributed by atoms with Crippen molar-refractivity contribution in [3.05, 3.63) is 35.7 Å². The fraction of sp³-hybridized carbons (Fsp3) is 0.308. The molecule has 19 heavy (non-hydrogen) atoms. The second kappa shape index (κ2) is 6.10. The molecular weight excluding hydrogens is 248 g/mol. The molecule has 0 saturated carbocycles. The van der Waals surface area contributed by atoms with Crippen LogP contribution in [0.15, 0.2) is 28.8 Å². The first kappa shape index (κ1) is 13.2. The molecule has 0 bridgehead atoms. The van der Waals surface area contributed by atoms with Crippen molar-refractivity contribution in [2.45, 2.75) is 20.0 Å². The van der Waals surface area contributed by atoms with Gasteiger partial charge in [0.25, 0.3) is 5.89 Å². The summed E-state index contributed by atoms with van der Waals surface area (Å²) in [6.45, 7) is 1.69. The van der Waals surface area contributed by atoms with E-state index >= 15 is 0 Å². The molecule has 0 radical (unpaired) electrons. The molecule has 2 rings (SSSR count). The van der Waals surface area contributed by atoms with Gasteiger partial charge in [-0.3, -0.25) is 0 Å². The van der Waals surface area contributed by atoms with Gasteiger partial charge in [0.2, 0.25) is 5.82 Å². The number of carboxylic acid groups (broad SMARTS) is 1. The lowest BCUT2D eigenvalue weighted by molar-refractivity contribution is -0.142. The van der Waals surface area contributed by atoms with Crippen LogP contribution in [0.3, 0.4) is 0 Å². The van der Waals surface area contributed by atoms with Crippen LogP contribution in [0.2, 0.25) is 0 Å². The van der Waals surface area contributed by atoms with Gasteiger partial charge in [-0.05, 0) is 12.0 Å². The number of ether oxygens (including phenoxy) is 1. The highest BCUT2D eigenvalue weighted by Crippen LogP contribution is 2.17. The van der Waals surface area contributed by atoms with Gasteiger partial charge in [0, 0.05) is 5.56 Å². The van der Waals surface area contributed by atoms with Crippen molar-refractivity contribution in [3.8, 4) is 11.4 Å². The number of nitrogens with zero attached hydrogens (tertiary/aromatic N) is 2. The molecule has 0 aliphatic heterocycles. The molecule has 6 nitrogen and oxygen atoms in total. The molecule has 1 N–H and O–H groups in total. The van der Waals surface area contributed by atoms with Gasteiger partial charge in [-0.2, -0.15) is 4.98 Å². The summed E-state index contributed by atoms with van der Waals surface area (Å²) in [5.74, 6) is -0.303. The molecule has 1 aromatic carbocycles. The smallest absolute Gasteiger partial charge is 0.329 e. The fourth-order valence-corrected chi connectivity index (χ4v) is 1.55. The van der Waals surface area contributed by atoms with Crippen molar-refractivity contribution in [1.29, 1.82) is 0 Å². The Hall–Kier alpha value is -2.21. The zero-order valence-electron chi connectivity index (χ0n) is 10.5. The molecule has 100 valence electrons. The van der Waals surface area contributed by atoms with Gasteiger partial charge in [-0.15, -0.1) is 0 Å². The third kappa shape index (κ3) is 3.62. The highest BCUT2D eigenvalue weighted by atomic mass is 16.5. The Labute approximate surface area is 110 Å². The highest BCUT2D eigenvalue weighted by Gasteiger charge is 2.09. The fourth-order valence-electron chi connectivity index (χ4n) is 1.55. The van der Waals surface area contributed by atoms with E-state index in [1.54, 1.807) is 0 Å². The normalized spacial score (nSPS) is 10.6. The van der Waals surface area contributed by atoms with E-state index in [-0.39, 0.29) is 19.1 Å². The van der Waals surface area contributed by atoms with Crippen LogP contribution in [0.1, 0.15) is 18.4 Å². The Kier molecular flexibility index (Phi) is 4.25. The van der Waals surface area contributed by atoms with Crippen LogP contribution in [0, 0.1) is 0 Å². The molecule has 1 heterocycles.